The van der Waals surface area contributed by atoms with Crippen molar-refractivity contribution in [1.29, 1.82) is 0 Å². The lowest BCUT2D eigenvalue weighted by molar-refractivity contribution is -0.388. The summed E-state index contributed by atoms with van der Waals surface area (Å²) in [6.45, 7) is 0. The van der Waals surface area contributed by atoms with Gasteiger partial charge in [0.25, 0.3) is 5.69 Å². The molecule has 0 bridgehead atoms. The van der Waals surface area contributed by atoms with Gasteiger partial charge in [-0.3, -0.25) is 10.1 Å². The minimum Gasteiger partial charge on any atom is -0.457 e. The number of rotatable bonds is 3. The predicted molar refractivity (Wildman–Crippen MR) is 80.7 cm³/mol. The lowest BCUT2D eigenvalue weighted by Gasteiger charge is -2.11. The molecule has 0 unspecified atom stereocenters. The summed E-state index contributed by atoms with van der Waals surface area (Å²) in [6, 6.07) is 9.45. The number of hydrogen-bond donors (Lipinski definition) is 0. The molecule has 3 rings (SSSR count). The van der Waals surface area contributed by atoms with Gasteiger partial charge < -0.3 is 9.15 Å². The SMILES string of the molecule is O=c1ccc2ccc(Oc3ccc([N+](=O)[O-])c(C(F)(F)F)c3)cc2o1. The van der Waals surface area contributed by atoms with Crippen molar-refractivity contribution < 1.29 is 27.2 Å². The fourth-order valence-corrected chi connectivity index (χ4v) is 2.21. The zero-order valence-corrected chi connectivity index (χ0v) is 12.2. The summed E-state index contributed by atoms with van der Waals surface area (Å²) < 4.78 is 49.2. The topological polar surface area (TPSA) is 82.6 Å². The van der Waals surface area contributed by atoms with Crippen LogP contribution in [0, 0.1) is 10.1 Å². The first-order valence-corrected chi connectivity index (χ1v) is 6.81. The van der Waals surface area contributed by atoms with Crippen LogP contribution in [0.2, 0.25) is 0 Å². The quantitative estimate of drug-likeness (QED) is 0.394. The van der Waals surface area contributed by atoms with E-state index in [0.717, 1.165) is 12.1 Å². The molecule has 25 heavy (non-hydrogen) atoms. The first-order valence-electron chi connectivity index (χ1n) is 6.81. The number of halogens is 3. The van der Waals surface area contributed by atoms with Gasteiger partial charge in [0.15, 0.2) is 0 Å². The molecule has 128 valence electrons. The number of nitro benzene ring substituents is 1. The summed E-state index contributed by atoms with van der Waals surface area (Å²) in [7, 11) is 0. The molecule has 6 nitrogen and oxygen atoms in total. The van der Waals surface area contributed by atoms with Gasteiger partial charge in [0.05, 0.1) is 4.92 Å². The Morgan fingerprint density at radius 3 is 2.32 bits per heavy atom. The average Bonchev–Trinajstić information content (AvgIpc) is 2.53. The first kappa shape index (κ1) is 16.5. The highest BCUT2D eigenvalue weighted by Gasteiger charge is 2.38. The highest BCUT2D eigenvalue weighted by Crippen LogP contribution is 2.39. The van der Waals surface area contributed by atoms with E-state index in [1.165, 1.54) is 24.3 Å². The second-order valence-corrected chi connectivity index (χ2v) is 4.99. The summed E-state index contributed by atoms with van der Waals surface area (Å²) in [5.41, 5.74) is -2.87. The third-order valence-electron chi connectivity index (χ3n) is 3.30. The van der Waals surface area contributed by atoms with E-state index >= 15 is 0 Å². The van der Waals surface area contributed by atoms with Gasteiger partial charge in [-0.15, -0.1) is 0 Å². The fourth-order valence-electron chi connectivity index (χ4n) is 2.21. The Morgan fingerprint density at radius 1 is 1.00 bits per heavy atom. The number of fused-ring (bicyclic) bond motifs is 1. The molecule has 1 aromatic heterocycles. The molecular formula is C16H8F3NO5. The Labute approximate surface area is 137 Å². The van der Waals surface area contributed by atoms with E-state index in [0.29, 0.717) is 11.5 Å². The molecule has 0 saturated heterocycles. The van der Waals surface area contributed by atoms with Gasteiger partial charge in [0.2, 0.25) is 0 Å². The van der Waals surface area contributed by atoms with Gasteiger partial charge in [-0.05, 0) is 30.3 Å². The van der Waals surface area contributed by atoms with Crippen molar-refractivity contribution in [3.05, 3.63) is 74.6 Å². The van der Waals surface area contributed by atoms with E-state index in [9.17, 15) is 28.1 Å². The maximum atomic E-state index is 13.0. The van der Waals surface area contributed by atoms with Gasteiger partial charge in [-0.1, -0.05) is 0 Å². The van der Waals surface area contributed by atoms with E-state index in [4.69, 9.17) is 9.15 Å². The van der Waals surface area contributed by atoms with Crippen molar-refractivity contribution in [2.24, 2.45) is 0 Å². The van der Waals surface area contributed by atoms with Crippen molar-refractivity contribution in [3.63, 3.8) is 0 Å². The summed E-state index contributed by atoms with van der Waals surface area (Å²) in [5.74, 6) is -0.126. The van der Waals surface area contributed by atoms with Gasteiger partial charge in [0.1, 0.15) is 22.6 Å². The normalized spacial score (nSPS) is 11.5. The van der Waals surface area contributed by atoms with E-state index in [2.05, 4.69) is 0 Å². The van der Waals surface area contributed by atoms with Crippen LogP contribution in [-0.4, -0.2) is 4.92 Å². The van der Waals surface area contributed by atoms with Crippen LogP contribution in [0.5, 0.6) is 11.5 Å². The van der Waals surface area contributed by atoms with Crippen molar-refractivity contribution >= 4 is 16.7 Å². The Bertz CT molecular complexity index is 1030. The van der Waals surface area contributed by atoms with E-state index in [-0.39, 0.29) is 17.1 Å². The van der Waals surface area contributed by atoms with Gasteiger partial charge in [0, 0.05) is 23.6 Å². The van der Waals surface area contributed by atoms with Crippen LogP contribution in [0.1, 0.15) is 5.56 Å². The lowest BCUT2D eigenvalue weighted by atomic mass is 10.1. The molecule has 0 aliphatic carbocycles. The molecule has 9 heteroatoms. The van der Waals surface area contributed by atoms with Crippen LogP contribution < -0.4 is 10.4 Å². The molecule has 0 spiro atoms. The third kappa shape index (κ3) is 3.44. The summed E-state index contributed by atoms with van der Waals surface area (Å²) in [5, 5.41) is 11.3. The molecule has 0 saturated carbocycles. The first-order chi connectivity index (χ1) is 11.7. The standard InChI is InChI=1S/C16H8F3NO5/c17-16(18,19)12-7-10(4-5-13(12)20(22)23)24-11-3-1-9-2-6-15(21)25-14(9)8-11/h1-8H. The predicted octanol–water partition coefficient (Wildman–Crippen LogP) is 4.51. The Morgan fingerprint density at radius 2 is 1.64 bits per heavy atom. The second kappa shape index (κ2) is 5.93. The lowest BCUT2D eigenvalue weighted by Crippen LogP contribution is -2.09. The molecule has 0 fully saturated rings. The average molecular weight is 351 g/mol. The van der Waals surface area contributed by atoms with Crippen molar-refractivity contribution in [1.82, 2.24) is 0 Å². The van der Waals surface area contributed by atoms with Crippen LogP contribution in [0.15, 0.2) is 57.7 Å². The molecular weight excluding hydrogens is 343 g/mol. The maximum absolute atomic E-state index is 13.0. The van der Waals surface area contributed by atoms with Crippen molar-refractivity contribution in [2.75, 3.05) is 0 Å². The molecule has 1 heterocycles. The van der Waals surface area contributed by atoms with Crippen molar-refractivity contribution in [2.45, 2.75) is 6.18 Å². The number of nitrogens with zero attached hydrogens (tertiary/aromatic N) is 1. The number of nitro groups is 1. The molecule has 3 aromatic rings. The Hall–Kier alpha value is -3.36. The van der Waals surface area contributed by atoms with Gasteiger partial charge in [-0.2, -0.15) is 13.2 Å². The molecule has 0 radical (unpaired) electrons. The summed E-state index contributed by atoms with van der Waals surface area (Å²) in [4.78, 5) is 20.8. The molecule has 0 aliphatic rings. The maximum Gasteiger partial charge on any atom is 0.423 e. The van der Waals surface area contributed by atoms with E-state index < -0.39 is 28.0 Å². The minimum absolute atomic E-state index is 0.115. The Balaban J connectivity index is 2.00. The monoisotopic (exact) mass is 351 g/mol. The molecule has 0 N–H and O–H groups in total. The van der Waals surface area contributed by atoms with Gasteiger partial charge in [-0.25, -0.2) is 4.79 Å². The molecule has 0 amide bonds. The van der Waals surface area contributed by atoms with Crippen LogP contribution in [0.4, 0.5) is 18.9 Å². The van der Waals surface area contributed by atoms with Crippen LogP contribution >= 0.6 is 0 Å². The number of benzene rings is 2. The highest BCUT2D eigenvalue weighted by molar-refractivity contribution is 5.77. The number of alkyl halides is 3. The highest BCUT2D eigenvalue weighted by atomic mass is 19.4. The summed E-state index contributed by atoms with van der Waals surface area (Å²) in [6.07, 6.45) is -4.90. The third-order valence-corrected chi connectivity index (χ3v) is 3.30. The zero-order chi connectivity index (χ0) is 18.2. The van der Waals surface area contributed by atoms with Crippen LogP contribution in [0.3, 0.4) is 0 Å². The molecule has 0 atom stereocenters. The van der Waals surface area contributed by atoms with E-state index in [1.54, 1.807) is 6.07 Å². The van der Waals surface area contributed by atoms with Crippen LogP contribution in [0.25, 0.3) is 11.0 Å². The summed E-state index contributed by atoms with van der Waals surface area (Å²) >= 11 is 0. The van der Waals surface area contributed by atoms with Crippen molar-refractivity contribution in [3.8, 4) is 11.5 Å². The smallest absolute Gasteiger partial charge is 0.423 e. The Kier molecular flexibility index (Phi) is 3.91. The van der Waals surface area contributed by atoms with Crippen LogP contribution in [-0.2, 0) is 6.18 Å². The zero-order valence-electron chi connectivity index (χ0n) is 12.2. The van der Waals surface area contributed by atoms with E-state index in [1.807, 2.05) is 0 Å². The molecule has 2 aromatic carbocycles. The second-order valence-electron chi connectivity index (χ2n) is 4.99. The minimum atomic E-state index is -4.90. The number of ether oxygens (including phenoxy) is 1. The largest absolute Gasteiger partial charge is 0.457 e. The fraction of sp³-hybridized carbons (Fsp3) is 0.0625. The molecule has 0 aliphatic heterocycles. The van der Waals surface area contributed by atoms with Gasteiger partial charge >= 0.3 is 11.8 Å². The number of hydrogen-bond acceptors (Lipinski definition) is 5.